The summed E-state index contributed by atoms with van der Waals surface area (Å²) in [5.41, 5.74) is -1.23. The van der Waals surface area contributed by atoms with Crippen LogP contribution in [0, 0.1) is 0 Å². The normalized spacial score (nSPS) is 20.3. The lowest BCUT2D eigenvalue weighted by atomic mass is 10.1. The number of hydrogen-bond acceptors (Lipinski definition) is 5. The van der Waals surface area contributed by atoms with Crippen molar-refractivity contribution in [2.24, 2.45) is 0 Å². The highest BCUT2D eigenvalue weighted by molar-refractivity contribution is 7.89. The molecule has 1 aromatic carbocycles. The lowest BCUT2D eigenvalue weighted by Gasteiger charge is -2.32. The van der Waals surface area contributed by atoms with E-state index in [1.807, 2.05) is 13.8 Å². The maximum atomic E-state index is 15.0. The van der Waals surface area contributed by atoms with Crippen LogP contribution in [0.4, 0.5) is 4.39 Å². The van der Waals surface area contributed by atoms with Gasteiger partial charge in [0, 0.05) is 32.9 Å². The summed E-state index contributed by atoms with van der Waals surface area (Å²) >= 11 is -1.76. The first-order valence-corrected chi connectivity index (χ1v) is 10.8. The number of rotatable bonds is 10. The number of methoxy groups -OCH3 is 1. The van der Waals surface area contributed by atoms with Crippen LogP contribution in [0.25, 0.3) is 0 Å². The Labute approximate surface area is 165 Å². The van der Waals surface area contributed by atoms with Crippen molar-refractivity contribution < 1.29 is 23.2 Å². The molecule has 0 aliphatic carbocycles. The zero-order valence-electron chi connectivity index (χ0n) is 16.7. The zero-order valence-corrected chi connectivity index (χ0v) is 17.5. The van der Waals surface area contributed by atoms with Gasteiger partial charge in [-0.25, -0.2) is 0 Å². The lowest BCUT2D eigenvalue weighted by molar-refractivity contribution is -0.00157. The van der Waals surface area contributed by atoms with E-state index in [-0.39, 0.29) is 18.2 Å². The summed E-state index contributed by atoms with van der Waals surface area (Å²) in [6.07, 6.45) is 3.03. The molecule has 0 spiro atoms. The molecule has 0 N–H and O–H groups in total. The first kappa shape index (κ1) is 22.4. The van der Waals surface area contributed by atoms with E-state index >= 15 is 0 Å². The lowest BCUT2D eigenvalue weighted by Crippen LogP contribution is -2.42. The number of benzene rings is 1. The SMILES string of the molecule is CCC(OC)C(CC)Oc1cccc(C(F)[S+]([O-])N(C)C2CCOCC2)c1. The van der Waals surface area contributed by atoms with Crippen LogP contribution in [0.3, 0.4) is 0 Å². The molecule has 0 bridgehead atoms. The Morgan fingerprint density at radius 2 is 1.93 bits per heavy atom. The molecule has 7 heteroatoms. The number of nitrogens with zero attached hydrogens (tertiary/aromatic N) is 1. The Hall–Kier alpha value is -0.860. The molecular formula is C20H32FNO4S. The van der Waals surface area contributed by atoms with Crippen LogP contribution in [-0.4, -0.2) is 54.5 Å². The quantitative estimate of drug-likeness (QED) is 0.555. The van der Waals surface area contributed by atoms with Crippen molar-refractivity contribution in [3.63, 3.8) is 0 Å². The maximum Gasteiger partial charge on any atom is 0.297 e. The largest absolute Gasteiger partial charge is 0.595 e. The molecule has 4 atom stereocenters. The summed E-state index contributed by atoms with van der Waals surface area (Å²) in [6.45, 7) is 5.33. The minimum absolute atomic E-state index is 0.0198. The second-order valence-corrected chi connectivity index (χ2v) is 8.34. The molecule has 2 rings (SSSR count). The zero-order chi connectivity index (χ0) is 19.8. The average Bonchev–Trinajstić information content (AvgIpc) is 2.73. The van der Waals surface area contributed by atoms with Gasteiger partial charge in [-0.1, -0.05) is 26.0 Å². The molecule has 5 nitrogen and oxygen atoms in total. The minimum Gasteiger partial charge on any atom is -0.595 e. The van der Waals surface area contributed by atoms with Crippen LogP contribution in [0.2, 0.25) is 0 Å². The van der Waals surface area contributed by atoms with Crippen molar-refractivity contribution in [2.75, 3.05) is 27.4 Å². The molecular weight excluding hydrogens is 369 g/mol. The van der Waals surface area contributed by atoms with Gasteiger partial charge in [-0.2, -0.15) is 4.39 Å². The molecule has 0 aromatic heterocycles. The Morgan fingerprint density at radius 1 is 1.26 bits per heavy atom. The van der Waals surface area contributed by atoms with Gasteiger partial charge < -0.3 is 18.8 Å². The van der Waals surface area contributed by atoms with Crippen LogP contribution < -0.4 is 4.74 Å². The van der Waals surface area contributed by atoms with E-state index in [0.29, 0.717) is 24.5 Å². The molecule has 0 saturated carbocycles. The molecule has 27 heavy (non-hydrogen) atoms. The monoisotopic (exact) mass is 401 g/mol. The van der Waals surface area contributed by atoms with Crippen molar-refractivity contribution in [3.05, 3.63) is 29.8 Å². The average molecular weight is 402 g/mol. The fourth-order valence-corrected chi connectivity index (χ4v) is 4.54. The number of hydrogen-bond donors (Lipinski definition) is 0. The predicted molar refractivity (Wildman–Crippen MR) is 106 cm³/mol. The van der Waals surface area contributed by atoms with Gasteiger partial charge >= 0.3 is 0 Å². The summed E-state index contributed by atoms with van der Waals surface area (Å²) in [5.74, 6) is 0.572. The molecule has 1 saturated heterocycles. The Balaban J connectivity index is 2.06. The summed E-state index contributed by atoms with van der Waals surface area (Å²) in [4.78, 5) is 0. The highest BCUT2D eigenvalue weighted by Gasteiger charge is 2.34. The third kappa shape index (κ3) is 6.06. The Kier molecular flexibility index (Phi) is 9.32. The van der Waals surface area contributed by atoms with Crippen molar-refractivity contribution in [1.29, 1.82) is 0 Å². The summed E-state index contributed by atoms with van der Waals surface area (Å²) in [6, 6.07) is 6.91. The van der Waals surface area contributed by atoms with Gasteiger partial charge in [0.1, 0.15) is 11.9 Å². The summed E-state index contributed by atoms with van der Waals surface area (Å²) in [5, 5.41) is 0. The van der Waals surface area contributed by atoms with Crippen LogP contribution in [0.5, 0.6) is 5.75 Å². The molecule has 4 unspecified atom stereocenters. The van der Waals surface area contributed by atoms with Gasteiger partial charge in [0.05, 0.1) is 23.5 Å². The van der Waals surface area contributed by atoms with E-state index in [9.17, 15) is 8.94 Å². The fraction of sp³-hybridized carbons (Fsp3) is 0.700. The van der Waals surface area contributed by atoms with Crippen LogP contribution in [-0.2, 0) is 20.8 Å². The molecule has 0 amide bonds. The Bertz CT molecular complexity index is 555. The molecule has 1 aromatic rings. The first-order valence-electron chi connectivity index (χ1n) is 9.66. The molecule has 0 radical (unpaired) electrons. The summed E-state index contributed by atoms with van der Waals surface area (Å²) < 4.78 is 46.1. The van der Waals surface area contributed by atoms with Crippen molar-refractivity contribution in [1.82, 2.24) is 4.31 Å². The number of alkyl halides is 1. The van der Waals surface area contributed by atoms with Gasteiger partial charge in [0.2, 0.25) is 0 Å². The van der Waals surface area contributed by atoms with Crippen LogP contribution in [0.15, 0.2) is 24.3 Å². The van der Waals surface area contributed by atoms with E-state index in [4.69, 9.17) is 14.2 Å². The summed E-state index contributed by atoms with van der Waals surface area (Å²) in [7, 11) is 3.39. The van der Waals surface area contributed by atoms with E-state index in [0.717, 1.165) is 25.7 Å². The van der Waals surface area contributed by atoms with E-state index in [2.05, 4.69) is 0 Å². The number of halogens is 1. The topological polar surface area (TPSA) is 54.0 Å². The van der Waals surface area contributed by atoms with Gasteiger partial charge in [-0.05, 0) is 37.8 Å². The maximum absolute atomic E-state index is 15.0. The number of ether oxygens (including phenoxy) is 3. The smallest absolute Gasteiger partial charge is 0.297 e. The highest BCUT2D eigenvalue weighted by Crippen LogP contribution is 2.32. The van der Waals surface area contributed by atoms with Crippen molar-refractivity contribution in [3.8, 4) is 5.75 Å². The first-order chi connectivity index (χ1) is 13.0. The molecule has 154 valence electrons. The third-order valence-corrected chi connectivity index (χ3v) is 6.59. The molecule has 1 aliphatic rings. The molecule has 1 aliphatic heterocycles. The molecule has 1 fully saturated rings. The van der Waals surface area contributed by atoms with Gasteiger partial charge in [0.15, 0.2) is 0 Å². The van der Waals surface area contributed by atoms with Crippen molar-refractivity contribution >= 4 is 11.4 Å². The second-order valence-electron chi connectivity index (χ2n) is 6.80. The van der Waals surface area contributed by atoms with E-state index in [1.165, 1.54) is 0 Å². The highest BCUT2D eigenvalue weighted by atomic mass is 32.2. The van der Waals surface area contributed by atoms with Gasteiger partial charge in [-0.3, -0.25) is 0 Å². The van der Waals surface area contributed by atoms with Crippen LogP contribution in [0.1, 0.15) is 50.6 Å². The third-order valence-electron chi connectivity index (χ3n) is 5.10. The fourth-order valence-electron chi connectivity index (χ4n) is 3.37. The Morgan fingerprint density at radius 3 is 2.52 bits per heavy atom. The predicted octanol–water partition coefficient (Wildman–Crippen LogP) is 4.01. The molecule has 1 heterocycles. The van der Waals surface area contributed by atoms with Crippen molar-refractivity contribution in [2.45, 2.75) is 63.3 Å². The van der Waals surface area contributed by atoms with E-state index < -0.39 is 16.9 Å². The minimum atomic E-state index is -1.76. The second kappa shape index (κ2) is 11.2. The van der Waals surface area contributed by atoms with Gasteiger partial charge in [-0.15, -0.1) is 4.31 Å². The van der Waals surface area contributed by atoms with E-state index in [1.54, 1.807) is 42.7 Å². The standard InChI is InChI=1S/C20H32FNO4S/c1-5-18(24-4)19(6-2)26-17-9-7-8-15(14-17)20(21)27(23)22(3)16-10-12-25-13-11-16/h7-9,14,16,18-20H,5-6,10-13H2,1-4H3. The van der Waals surface area contributed by atoms with Crippen LogP contribution >= 0.6 is 0 Å². The van der Waals surface area contributed by atoms with Gasteiger partial charge in [0.25, 0.3) is 5.50 Å².